The molecule has 0 bridgehead atoms. The minimum Gasteiger partial charge on any atom is -0.352 e. The van der Waals surface area contributed by atoms with Crippen LogP contribution in [-0.2, 0) is 0 Å². The molecule has 0 spiro atoms. The van der Waals surface area contributed by atoms with Crippen LogP contribution in [0.2, 0.25) is 5.02 Å². The van der Waals surface area contributed by atoms with Gasteiger partial charge in [0.25, 0.3) is 5.91 Å². The van der Waals surface area contributed by atoms with E-state index in [4.69, 9.17) is 11.6 Å². The predicted molar refractivity (Wildman–Crippen MR) is 89.7 cm³/mol. The maximum Gasteiger partial charge on any atom is 0.251 e. The molecule has 0 aliphatic heterocycles. The summed E-state index contributed by atoms with van der Waals surface area (Å²) in [7, 11) is 0. The number of rotatable bonds is 5. The molecule has 0 heterocycles. The van der Waals surface area contributed by atoms with Crippen LogP contribution in [0.3, 0.4) is 0 Å². The van der Waals surface area contributed by atoms with Crippen molar-refractivity contribution in [3.8, 4) is 0 Å². The second-order valence-electron chi connectivity index (χ2n) is 5.49. The summed E-state index contributed by atoms with van der Waals surface area (Å²) in [6, 6.07) is 5.39. The number of benzene rings is 1. The summed E-state index contributed by atoms with van der Waals surface area (Å²) in [5, 5.41) is 3.63. The highest BCUT2D eigenvalue weighted by Gasteiger charge is 2.18. The van der Waals surface area contributed by atoms with Gasteiger partial charge in [-0.05, 0) is 58.5 Å². The Morgan fingerprint density at radius 3 is 2.32 bits per heavy atom. The first kappa shape index (κ1) is 16.8. The molecular weight excluding hydrogens is 373 g/mol. The standard InChI is InChI=1S/C15H21ClINO/c1-9(2)12(10(3)4)8-18-15(19)11-5-6-14(17)13(16)7-11/h5-7,9-10,12H,8H2,1-4H3,(H,18,19). The molecule has 0 atom stereocenters. The van der Waals surface area contributed by atoms with E-state index in [0.29, 0.717) is 34.9 Å². The largest absolute Gasteiger partial charge is 0.352 e. The van der Waals surface area contributed by atoms with Gasteiger partial charge in [-0.15, -0.1) is 0 Å². The molecule has 0 aliphatic carbocycles. The molecule has 4 heteroatoms. The van der Waals surface area contributed by atoms with E-state index < -0.39 is 0 Å². The molecule has 0 saturated heterocycles. The lowest BCUT2D eigenvalue weighted by molar-refractivity contribution is 0.0937. The van der Waals surface area contributed by atoms with Crippen LogP contribution in [-0.4, -0.2) is 12.5 Å². The normalized spacial score (nSPS) is 11.4. The van der Waals surface area contributed by atoms with Crippen LogP contribution < -0.4 is 5.32 Å². The molecule has 1 aromatic carbocycles. The van der Waals surface area contributed by atoms with Crippen molar-refractivity contribution in [1.29, 1.82) is 0 Å². The van der Waals surface area contributed by atoms with Crippen LogP contribution in [0.4, 0.5) is 0 Å². The number of carbonyl (C=O) groups excluding carboxylic acids is 1. The third-order valence-corrected chi connectivity index (χ3v) is 4.96. The average molecular weight is 394 g/mol. The predicted octanol–water partition coefficient (Wildman–Crippen LogP) is 4.60. The quantitative estimate of drug-likeness (QED) is 0.728. The number of hydrogen-bond donors (Lipinski definition) is 1. The lowest BCUT2D eigenvalue weighted by atomic mass is 9.85. The number of halogens is 2. The Morgan fingerprint density at radius 2 is 1.84 bits per heavy atom. The van der Waals surface area contributed by atoms with Crippen LogP contribution in [0.15, 0.2) is 18.2 Å². The molecule has 1 rings (SSSR count). The second kappa shape index (κ2) is 7.48. The van der Waals surface area contributed by atoms with Gasteiger partial charge < -0.3 is 5.32 Å². The first-order chi connectivity index (χ1) is 8.82. The highest BCUT2D eigenvalue weighted by Crippen LogP contribution is 2.21. The third kappa shape index (κ3) is 4.95. The monoisotopic (exact) mass is 393 g/mol. The molecule has 1 amide bonds. The molecule has 0 radical (unpaired) electrons. The van der Waals surface area contributed by atoms with E-state index >= 15 is 0 Å². The lowest BCUT2D eigenvalue weighted by Crippen LogP contribution is -2.33. The van der Waals surface area contributed by atoms with Crippen molar-refractivity contribution in [2.45, 2.75) is 27.7 Å². The molecule has 2 nitrogen and oxygen atoms in total. The maximum absolute atomic E-state index is 12.1. The number of nitrogens with one attached hydrogen (secondary N) is 1. The van der Waals surface area contributed by atoms with Gasteiger partial charge in [0.15, 0.2) is 0 Å². The molecule has 0 aromatic heterocycles. The molecule has 106 valence electrons. The Hall–Kier alpha value is -0.290. The van der Waals surface area contributed by atoms with E-state index in [0.717, 1.165) is 3.57 Å². The smallest absolute Gasteiger partial charge is 0.251 e. The van der Waals surface area contributed by atoms with Crippen molar-refractivity contribution in [3.05, 3.63) is 32.4 Å². The summed E-state index contributed by atoms with van der Waals surface area (Å²) >= 11 is 8.18. The summed E-state index contributed by atoms with van der Waals surface area (Å²) in [4.78, 5) is 12.1. The minimum atomic E-state index is -0.0513. The molecule has 0 aliphatic rings. The Morgan fingerprint density at radius 1 is 1.26 bits per heavy atom. The van der Waals surface area contributed by atoms with Gasteiger partial charge in [-0.2, -0.15) is 0 Å². The van der Waals surface area contributed by atoms with Crippen molar-refractivity contribution in [2.24, 2.45) is 17.8 Å². The third-order valence-electron chi connectivity index (χ3n) is 3.39. The number of amides is 1. The van der Waals surface area contributed by atoms with E-state index in [1.165, 1.54) is 0 Å². The van der Waals surface area contributed by atoms with Crippen molar-refractivity contribution in [2.75, 3.05) is 6.54 Å². The van der Waals surface area contributed by atoms with Crippen LogP contribution in [0.1, 0.15) is 38.1 Å². The Kier molecular flexibility index (Phi) is 6.60. The summed E-state index contributed by atoms with van der Waals surface area (Å²) in [5.74, 6) is 1.55. The summed E-state index contributed by atoms with van der Waals surface area (Å²) in [6.45, 7) is 9.48. The van der Waals surface area contributed by atoms with Crippen LogP contribution >= 0.6 is 34.2 Å². The van der Waals surface area contributed by atoms with Gasteiger partial charge in [-0.1, -0.05) is 39.3 Å². The van der Waals surface area contributed by atoms with Crippen molar-refractivity contribution in [1.82, 2.24) is 5.32 Å². The van der Waals surface area contributed by atoms with Gasteiger partial charge in [-0.25, -0.2) is 0 Å². The van der Waals surface area contributed by atoms with Crippen LogP contribution in [0, 0.1) is 21.3 Å². The molecule has 19 heavy (non-hydrogen) atoms. The summed E-state index contributed by atoms with van der Waals surface area (Å²) in [6.07, 6.45) is 0. The Bertz CT molecular complexity index is 438. The van der Waals surface area contributed by atoms with Crippen molar-refractivity contribution in [3.63, 3.8) is 0 Å². The van der Waals surface area contributed by atoms with Gasteiger partial charge in [0.05, 0.1) is 5.02 Å². The van der Waals surface area contributed by atoms with Gasteiger partial charge in [0, 0.05) is 15.7 Å². The molecular formula is C15H21ClINO. The summed E-state index contributed by atoms with van der Waals surface area (Å²) in [5.41, 5.74) is 0.622. The second-order valence-corrected chi connectivity index (χ2v) is 7.06. The van der Waals surface area contributed by atoms with E-state index in [9.17, 15) is 4.79 Å². The van der Waals surface area contributed by atoms with Gasteiger partial charge >= 0.3 is 0 Å². The fourth-order valence-corrected chi connectivity index (χ4v) is 2.71. The van der Waals surface area contributed by atoms with Crippen molar-refractivity contribution >= 4 is 40.1 Å². The lowest BCUT2D eigenvalue weighted by Gasteiger charge is -2.25. The fourth-order valence-electron chi connectivity index (χ4n) is 2.19. The molecule has 0 saturated carbocycles. The maximum atomic E-state index is 12.1. The van der Waals surface area contributed by atoms with Crippen LogP contribution in [0.25, 0.3) is 0 Å². The number of carbonyl (C=O) groups is 1. The zero-order valence-electron chi connectivity index (χ0n) is 11.8. The van der Waals surface area contributed by atoms with E-state index in [1.54, 1.807) is 6.07 Å². The Labute approximate surface area is 134 Å². The van der Waals surface area contributed by atoms with Gasteiger partial charge in [0.1, 0.15) is 0 Å². The van der Waals surface area contributed by atoms with E-state index in [1.807, 2.05) is 12.1 Å². The van der Waals surface area contributed by atoms with E-state index in [2.05, 4.69) is 55.6 Å². The van der Waals surface area contributed by atoms with Gasteiger partial charge in [-0.3, -0.25) is 4.79 Å². The zero-order chi connectivity index (χ0) is 14.6. The van der Waals surface area contributed by atoms with E-state index in [-0.39, 0.29) is 5.91 Å². The van der Waals surface area contributed by atoms with Gasteiger partial charge in [0.2, 0.25) is 0 Å². The highest BCUT2D eigenvalue weighted by atomic mass is 127. The molecule has 1 aromatic rings. The van der Waals surface area contributed by atoms with Crippen LogP contribution in [0.5, 0.6) is 0 Å². The zero-order valence-corrected chi connectivity index (χ0v) is 14.7. The van der Waals surface area contributed by atoms with Crippen molar-refractivity contribution < 1.29 is 4.79 Å². The first-order valence-electron chi connectivity index (χ1n) is 6.56. The SMILES string of the molecule is CC(C)C(CNC(=O)c1ccc(I)c(Cl)c1)C(C)C. The average Bonchev–Trinajstić information content (AvgIpc) is 2.31. The first-order valence-corrected chi connectivity index (χ1v) is 8.01. The molecule has 1 N–H and O–H groups in total. The number of hydrogen-bond acceptors (Lipinski definition) is 1. The molecule has 0 fully saturated rings. The topological polar surface area (TPSA) is 29.1 Å². The highest BCUT2D eigenvalue weighted by molar-refractivity contribution is 14.1. The summed E-state index contributed by atoms with van der Waals surface area (Å²) < 4.78 is 0.957. The fraction of sp³-hybridized carbons (Fsp3) is 0.533. The molecule has 0 unspecified atom stereocenters. The Balaban J connectivity index is 2.66. The minimum absolute atomic E-state index is 0.0513.